The summed E-state index contributed by atoms with van der Waals surface area (Å²) in [6, 6.07) is 63.0. The Morgan fingerprint density at radius 1 is 0.362 bits per heavy atom. The van der Waals surface area contributed by atoms with Crippen molar-refractivity contribution in [3.05, 3.63) is 193 Å². The van der Waals surface area contributed by atoms with Crippen molar-refractivity contribution in [1.29, 1.82) is 0 Å². The van der Waals surface area contributed by atoms with E-state index in [1.54, 1.807) is 12.4 Å². The number of nitrogens with zero attached hydrogens (tertiary/aromatic N) is 2. The molecule has 12 rings (SSSR count). The first-order valence-corrected chi connectivity index (χ1v) is 20.8. The number of rotatable bonds is 4. The van der Waals surface area contributed by atoms with Crippen LogP contribution in [-0.4, -0.2) is 9.97 Å². The summed E-state index contributed by atoms with van der Waals surface area (Å²) in [4.78, 5) is 9.47. The number of hydrogen-bond donors (Lipinski definition) is 0. The Morgan fingerprint density at radius 2 is 0.879 bits per heavy atom. The van der Waals surface area contributed by atoms with Gasteiger partial charge in [-0.1, -0.05) is 153 Å². The normalized spacial score (nSPS) is 13.1. The second kappa shape index (κ2) is 12.5. The van der Waals surface area contributed by atoms with Crippen molar-refractivity contribution in [2.45, 2.75) is 19.3 Å². The van der Waals surface area contributed by atoms with Crippen LogP contribution in [0.3, 0.4) is 0 Å². The summed E-state index contributed by atoms with van der Waals surface area (Å²) in [7, 11) is 0. The van der Waals surface area contributed by atoms with Gasteiger partial charge in [-0.3, -0.25) is 9.97 Å². The summed E-state index contributed by atoms with van der Waals surface area (Å²) in [6.45, 7) is 4.76. The lowest BCUT2D eigenvalue weighted by molar-refractivity contribution is 0.661. The number of aromatic nitrogens is 2. The topological polar surface area (TPSA) is 25.8 Å². The fourth-order valence-corrected chi connectivity index (χ4v) is 10.8. The maximum atomic E-state index is 4.76. The highest BCUT2D eigenvalue weighted by molar-refractivity contribution is 7.26. The fraction of sp³-hybridized carbons (Fsp3) is 0.0545. The summed E-state index contributed by atoms with van der Waals surface area (Å²) >= 11 is 1.89. The van der Waals surface area contributed by atoms with Gasteiger partial charge in [-0.15, -0.1) is 11.3 Å². The average molecular weight is 757 g/mol. The number of thiophene rings is 1. The molecule has 272 valence electrons. The molecule has 58 heavy (non-hydrogen) atoms. The van der Waals surface area contributed by atoms with Gasteiger partial charge in [-0.2, -0.15) is 0 Å². The highest BCUT2D eigenvalue weighted by atomic mass is 32.1. The molecule has 1 aliphatic carbocycles. The van der Waals surface area contributed by atoms with Gasteiger partial charge in [0.2, 0.25) is 0 Å². The van der Waals surface area contributed by atoms with E-state index in [-0.39, 0.29) is 5.41 Å². The lowest BCUT2D eigenvalue weighted by atomic mass is 9.80. The van der Waals surface area contributed by atoms with Crippen molar-refractivity contribution < 1.29 is 0 Å². The highest BCUT2D eigenvalue weighted by Crippen LogP contribution is 2.51. The molecular weight excluding hydrogens is 721 g/mol. The first-order chi connectivity index (χ1) is 28.5. The van der Waals surface area contributed by atoms with Gasteiger partial charge in [-0.25, -0.2) is 0 Å². The lowest BCUT2D eigenvalue weighted by Crippen LogP contribution is -2.15. The Balaban J connectivity index is 0.872. The number of fused-ring (bicyclic) bond motifs is 12. The predicted octanol–water partition coefficient (Wildman–Crippen LogP) is 15.3. The van der Waals surface area contributed by atoms with Crippen LogP contribution >= 0.6 is 11.3 Å². The van der Waals surface area contributed by atoms with Crippen LogP contribution in [0.25, 0.3) is 108 Å². The van der Waals surface area contributed by atoms with E-state index >= 15 is 0 Å². The standard InChI is InChI=1S/C55H36N2S/c1-55(2)49-31-38(33-17-19-34(20-18-33)40-14-8-15-47-44-12-5-6-16-51(44)58-54(40)47)21-24-42(49)43-25-22-39(32-50(43)55)36-10-7-9-35(29-36)37-23-26-46-48(30-37)41-11-3-4-13-45(41)52-53(46)57-28-27-56-52/h3-32H,1-2H3. The minimum Gasteiger partial charge on any atom is -0.252 e. The maximum Gasteiger partial charge on any atom is 0.0971 e. The highest BCUT2D eigenvalue weighted by Gasteiger charge is 2.36. The van der Waals surface area contributed by atoms with Crippen LogP contribution < -0.4 is 0 Å². The summed E-state index contributed by atoms with van der Waals surface area (Å²) in [5.74, 6) is 0. The largest absolute Gasteiger partial charge is 0.252 e. The predicted molar refractivity (Wildman–Crippen MR) is 247 cm³/mol. The molecule has 0 atom stereocenters. The summed E-state index contributed by atoms with van der Waals surface area (Å²) in [5, 5.41) is 7.33. The Morgan fingerprint density at radius 3 is 1.60 bits per heavy atom. The van der Waals surface area contributed by atoms with E-state index in [1.165, 1.54) is 97.7 Å². The Kier molecular flexibility index (Phi) is 7.18. The lowest BCUT2D eigenvalue weighted by Gasteiger charge is -2.23. The van der Waals surface area contributed by atoms with E-state index < -0.39 is 0 Å². The quantitative estimate of drug-likeness (QED) is 0.167. The molecular formula is C55H36N2S. The van der Waals surface area contributed by atoms with Gasteiger partial charge in [0.1, 0.15) is 0 Å². The van der Waals surface area contributed by atoms with Gasteiger partial charge in [0.05, 0.1) is 11.0 Å². The smallest absolute Gasteiger partial charge is 0.0971 e. The van der Waals surface area contributed by atoms with Gasteiger partial charge < -0.3 is 0 Å². The Bertz CT molecular complexity index is 3450. The van der Waals surface area contributed by atoms with Crippen LogP contribution in [-0.2, 0) is 5.41 Å². The maximum absolute atomic E-state index is 4.76. The second-order valence-electron chi connectivity index (χ2n) is 16.1. The summed E-state index contributed by atoms with van der Waals surface area (Å²) in [5.41, 5.74) is 17.0. The molecule has 2 nitrogen and oxygen atoms in total. The molecule has 0 radical (unpaired) electrons. The second-order valence-corrected chi connectivity index (χ2v) is 17.2. The molecule has 0 N–H and O–H groups in total. The minimum atomic E-state index is -0.143. The molecule has 0 amide bonds. The van der Waals surface area contributed by atoms with Crippen molar-refractivity contribution in [2.75, 3.05) is 0 Å². The van der Waals surface area contributed by atoms with Crippen molar-refractivity contribution in [3.63, 3.8) is 0 Å². The van der Waals surface area contributed by atoms with Crippen LogP contribution in [0.5, 0.6) is 0 Å². The van der Waals surface area contributed by atoms with Crippen molar-refractivity contribution in [3.8, 4) is 55.6 Å². The van der Waals surface area contributed by atoms with Gasteiger partial charge in [0.25, 0.3) is 0 Å². The molecule has 11 aromatic rings. The Hall–Kier alpha value is -6.94. The first kappa shape index (κ1) is 33.2. The molecule has 2 aromatic heterocycles. The zero-order valence-electron chi connectivity index (χ0n) is 32.1. The number of hydrogen-bond acceptors (Lipinski definition) is 3. The molecule has 2 heterocycles. The van der Waals surface area contributed by atoms with Crippen molar-refractivity contribution in [2.24, 2.45) is 0 Å². The molecule has 9 aromatic carbocycles. The monoisotopic (exact) mass is 756 g/mol. The molecule has 0 bridgehead atoms. The zero-order chi connectivity index (χ0) is 38.5. The van der Waals surface area contributed by atoms with E-state index in [0.717, 1.165) is 21.8 Å². The van der Waals surface area contributed by atoms with E-state index in [4.69, 9.17) is 9.97 Å². The average Bonchev–Trinajstić information content (AvgIpc) is 3.78. The Labute approximate surface area is 340 Å². The van der Waals surface area contributed by atoms with E-state index in [0.29, 0.717) is 0 Å². The molecule has 0 saturated carbocycles. The van der Waals surface area contributed by atoms with Gasteiger partial charge in [0.15, 0.2) is 0 Å². The molecule has 3 heteroatoms. The SMILES string of the molecule is CC1(C)c2cc(-c3ccc(-c4cccc5c4sc4ccccc45)cc3)ccc2-c2ccc(-c3cccc(-c4ccc5c(c4)c4ccccc4c4nccnc54)c3)cc21. The minimum absolute atomic E-state index is 0.143. The fourth-order valence-electron chi connectivity index (χ4n) is 9.60. The van der Waals surface area contributed by atoms with Crippen molar-refractivity contribution in [1.82, 2.24) is 9.97 Å². The van der Waals surface area contributed by atoms with Crippen LogP contribution in [0, 0.1) is 0 Å². The third kappa shape index (κ3) is 4.97. The first-order valence-electron chi connectivity index (χ1n) is 20.0. The molecule has 0 saturated heterocycles. The number of benzene rings is 9. The van der Waals surface area contributed by atoms with E-state index in [2.05, 4.69) is 184 Å². The van der Waals surface area contributed by atoms with Crippen LogP contribution in [0.15, 0.2) is 182 Å². The van der Waals surface area contributed by atoms with Crippen LogP contribution in [0.4, 0.5) is 0 Å². The van der Waals surface area contributed by atoms with Gasteiger partial charge >= 0.3 is 0 Å². The van der Waals surface area contributed by atoms with Gasteiger partial charge in [-0.05, 0) is 108 Å². The van der Waals surface area contributed by atoms with Crippen LogP contribution in [0.2, 0.25) is 0 Å². The third-order valence-corrected chi connectivity index (χ3v) is 13.8. The summed E-state index contributed by atoms with van der Waals surface area (Å²) < 4.78 is 2.69. The van der Waals surface area contributed by atoms with Crippen molar-refractivity contribution >= 4 is 64.1 Å². The molecule has 1 aliphatic rings. The van der Waals surface area contributed by atoms with Gasteiger partial charge in [0, 0.05) is 48.8 Å². The molecule has 0 spiro atoms. The van der Waals surface area contributed by atoms with E-state index in [9.17, 15) is 0 Å². The molecule has 0 aliphatic heterocycles. The molecule has 0 fully saturated rings. The third-order valence-electron chi connectivity index (χ3n) is 12.6. The van der Waals surface area contributed by atoms with E-state index in [1.807, 2.05) is 11.3 Å². The van der Waals surface area contributed by atoms with Crippen LogP contribution in [0.1, 0.15) is 25.0 Å². The zero-order valence-corrected chi connectivity index (χ0v) is 32.9. The molecule has 0 unspecified atom stereocenters. The summed E-state index contributed by atoms with van der Waals surface area (Å²) in [6.07, 6.45) is 3.57.